The molecule has 0 bridgehead atoms. The molecule has 8 heteroatoms. The fraction of sp³-hybridized carbons (Fsp3) is 1.00. The van der Waals surface area contributed by atoms with E-state index in [1.807, 2.05) is 14.0 Å². The van der Waals surface area contributed by atoms with Gasteiger partial charge in [-0.2, -0.15) is 12.7 Å². The standard InChI is InChI=1S/C13H31N5O2S/c1-5-14-7-6-8-18(4)21(19,20)15-11-13-12-16(2)9-10-17(13)3/h13-15H,5-12H2,1-4H3. The second-order valence-electron chi connectivity index (χ2n) is 5.78. The van der Waals surface area contributed by atoms with Crippen LogP contribution in [0.4, 0.5) is 0 Å². The fourth-order valence-corrected chi connectivity index (χ4v) is 3.35. The van der Waals surface area contributed by atoms with Crippen LogP contribution >= 0.6 is 0 Å². The molecule has 2 N–H and O–H groups in total. The molecule has 0 aromatic rings. The molecule has 0 radical (unpaired) electrons. The van der Waals surface area contributed by atoms with Crippen molar-refractivity contribution >= 4 is 10.2 Å². The van der Waals surface area contributed by atoms with Crippen LogP contribution in [0.2, 0.25) is 0 Å². The first-order valence-corrected chi connectivity index (χ1v) is 9.11. The molecule has 1 rings (SSSR count). The Kier molecular flexibility index (Phi) is 8.07. The maximum absolute atomic E-state index is 12.2. The Bertz CT molecular complexity index is 390. The van der Waals surface area contributed by atoms with Gasteiger partial charge in [0.1, 0.15) is 0 Å². The average Bonchev–Trinajstić information content (AvgIpc) is 2.44. The van der Waals surface area contributed by atoms with Crippen molar-refractivity contribution in [1.82, 2.24) is 24.1 Å². The van der Waals surface area contributed by atoms with Crippen LogP contribution in [0.5, 0.6) is 0 Å². The van der Waals surface area contributed by atoms with Gasteiger partial charge in [0.25, 0.3) is 10.2 Å². The van der Waals surface area contributed by atoms with E-state index in [2.05, 4.69) is 26.9 Å². The Morgan fingerprint density at radius 3 is 2.67 bits per heavy atom. The van der Waals surface area contributed by atoms with Crippen molar-refractivity contribution in [3.8, 4) is 0 Å². The normalized spacial score (nSPS) is 22.0. The molecule has 21 heavy (non-hydrogen) atoms. The third-order valence-corrected chi connectivity index (χ3v) is 5.50. The zero-order valence-electron chi connectivity index (χ0n) is 13.8. The first kappa shape index (κ1) is 18.8. The summed E-state index contributed by atoms with van der Waals surface area (Å²) in [6, 6.07) is 0.230. The number of nitrogens with one attached hydrogen (secondary N) is 2. The average molecular weight is 321 g/mol. The van der Waals surface area contributed by atoms with Crippen molar-refractivity contribution in [3.63, 3.8) is 0 Å². The molecule has 0 aromatic carbocycles. The summed E-state index contributed by atoms with van der Waals surface area (Å²) in [5.74, 6) is 0. The van der Waals surface area contributed by atoms with Crippen LogP contribution in [-0.4, -0.2) is 95.5 Å². The van der Waals surface area contributed by atoms with Gasteiger partial charge in [0.2, 0.25) is 0 Å². The van der Waals surface area contributed by atoms with Crippen molar-refractivity contribution in [1.29, 1.82) is 0 Å². The number of hydrogen-bond acceptors (Lipinski definition) is 5. The van der Waals surface area contributed by atoms with Gasteiger partial charge >= 0.3 is 0 Å². The van der Waals surface area contributed by atoms with Crippen LogP contribution in [0, 0.1) is 0 Å². The summed E-state index contributed by atoms with van der Waals surface area (Å²) in [5, 5.41) is 3.20. The highest BCUT2D eigenvalue weighted by atomic mass is 32.2. The van der Waals surface area contributed by atoms with Crippen molar-refractivity contribution in [2.24, 2.45) is 0 Å². The molecule has 1 aliphatic heterocycles. The molecule has 0 saturated carbocycles. The lowest BCUT2D eigenvalue weighted by Crippen LogP contribution is -2.55. The van der Waals surface area contributed by atoms with Gasteiger partial charge in [0.15, 0.2) is 0 Å². The summed E-state index contributed by atoms with van der Waals surface area (Å²) in [5.41, 5.74) is 0. The minimum absolute atomic E-state index is 0.230. The molecule has 126 valence electrons. The maximum atomic E-state index is 12.2. The van der Waals surface area contributed by atoms with E-state index in [4.69, 9.17) is 0 Å². The zero-order chi connectivity index (χ0) is 15.9. The Hall–Kier alpha value is -0.250. The van der Waals surface area contributed by atoms with Crippen LogP contribution in [0.15, 0.2) is 0 Å². The van der Waals surface area contributed by atoms with Gasteiger partial charge in [0, 0.05) is 45.8 Å². The lowest BCUT2D eigenvalue weighted by molar-refractivity contribution is 0.117. The Morgan fingerprint density at radius 2 is 2.00 bits per heavy atom. The van der Waals surface area contributed by atoms with E-state index >= 15 is 0 Å². The highest BCUT2D eigenvalue weighted by Gasteiger charge is 2.25. The Labute approximate surface area is 129 Å². The fourth-order valence-electron chi connectivity index (χ4n) is 2.36. The molecule has 1 heterocycles. The Balaban J connectivity index is 2.37. The van der Waals surface area contributed by atoms with Crippen LogP contribution in [-0.2, 0) is 10.2 Å². The minimum atomic E-state index is -3.38. The molecule has 0 aromatic heterocycles. The van der Waals surface area contributed by atoms with Gasteiger partial charge in [0.05, 0.1) is 0 Å². The highest BCUT2D eigenvalue weighted by molar-refractivity contribution is 7.87. The lowest BCUT2D eigenvalue weighted by atomic mass is 10.2. The lowest BCUT2D eigenvalue weighted by Gasteiger charge is -2.37. The molecule has 0 spiro atoms. The van der Waals surface area contributed by atoms with Crippen LogP contribution in [0.3, 0.4) is 0 Å². The van der Waals surface area contributed by atoms with Gasteiger partial charge in [-0.3, -0.25) is 4.90 Å². The van der Waals surface area contributed by atoms with E-state index in [1.54, 1.807) is 7.05 Å². The van der Waals surface area contributed by atoms with Crippen LogP contribution < -0.4 is 10.0 Å². The monoisotopic (exact) mass is 321 g/mol. The maximum Gasteiger partial charge on any atom is 0.279 e. The predicted molar refractivity (Wildman–Crippen MR) is 86.6 cm³/mol. The van der Waals surface area contributed by atoms with Crippen molar-refractivity contribution in [2.45, 2.75) is 19.4 Å². The van der Waals surface area contributed by atoms with Gasteiger partial charge in [-0.15, -0.1) is 0 Å². The Morgan fingerprint density at radius 1 is 1.29 bits per heavy atom. The molecular weight excluding hydrogens is 290 g/mol. The van der Waals surface area contributed by atoms with Crippen LogP contribution in [0.1, 0.15) is 13.3 Å². The predicted octanol–water partition coefficient (Wildman–Crippen LogP) is -1.00. The van der Waals surface area contributed by atoms with E-state index < -0.39 is 10.2 Å². The first-order chi connectivity index (χ1) is 9.86. The van der Waals surface area contributed by atoms with E-state index in [1.165, 1.54) is 4.31 Å². The van der Waals surface area contributed by atoms with Gasteiger partial charge < -0.3 is 10.2 Å². The third-order valence-electron chi connectivity index (χ3n) is 3.97. The number of piperazine rings is 1. The van der Waals surface area contributed by atoms with Gasteiger partial charge in [-0.05, 0) is 33.6 Å². The summed E-state index contributed by atoms with van der Waals surface area (Å²) in [6.45, 7) is 7.68. The molecular formula is C13H31N5O2S. The molecule has 7 nitrogen and oxygen atoms in total. The molecule has 0 amide bonds. The summed E-state index contributed by atoms with van der Waals surface area (Å²) >= 11 is 0. The van der Waals surface area contributed by atoms with Gasteiger partial charge in [-0.25, -0.2) is 4.72 Å². The molecule has 1 fully saturated rings. The first-order valence-electron chi connectivity index (χ1n) is 7.67. The SMILES string of the molecule is CCNCCCN(C)S(=O)(=O)NCC1CN(C)CCN1C. The van der Waals surface area contributed by atoms with Crippen molar-refractivity contribution in [2.75, 3.05) is 67.0 Å². The number of likely N-dealkylation sites (N-methyl/N-ethyl adjacent to an activating group) is 2. The molecule has 1 atom stereocenters. The summed E-state index contributed by atoms with van der Waals surface area (Å²) in [6.07, 6.45) is 0.817. The number of nitrogens with zero attached hydrogens (tertiary/aromatic N) is 3. The topological polar surface area (TPSA) is 67.9 Å². The molecule has 1 aliphatic rings. The number of hydrogen-bond donors (Lipinski definition) is 2. The molecule has 0 aliphatic carbocycles. The van der Waals surface area contributed by atoms with E-state index in [-0.39, 0.29) is 6.04 Å². The van der Waals surface area contributed by atoms with E-state index in [0.29, 0.717) is 13.1 Å². The van der Waals surface area contributed by atoms with Crippen LogP contribution in [0.25, 0.3) is 0 Å². The minimum Gasteiger partial charge on any atom is -0.317 e. The zero-order valence-corrected chi connectivity index (χ0v) is 14.6. The van der Waals surface area contributed by atoms with Crippen molar-refractivity contribution in [3.05, 3.63) is 0 Å². The van der Waals surface area contributed by atoms with Crippen molar-refractivity contribution < 1.29 is 8.42 Å². The summed E-state index contributed by atoms with van der Waals surface area (Å²) < 4.78 is 28.5. The van der Waals surface area contributed by atoms with E-state index in [9.17, 15) is 8.42 Å². The smallest absolute Gasteiger partial charge is 0.279 e. The summed E-state index contributed by atoms with van der Waals surface area (Å²) in [7, 11) is 2.37. The second kappa shape index (κ2) is 9.02. The quantitative estimate of drug-likeness (QED) is 0.533. The largest absolute Gasteiger partial charge is 0.317 e. The second-order valence-corrected chi connectivity index (χ2v) is 7.64. The molecule has 1 saturated heterocycles. The highest BCUT2D eigenvalue weighted by Crippen LogP contribution is 2.06. The third kappa shape index (κ3) is 6.58. The van der Waals surface area contributed by atoms with E-state index in [0.717, 1.165) is 39.1 Å². The number of rotatable bonds is 9. The summed E-state index contributed by atoms with van der Waals surface area (Å²) in [4.78, 5) is 4.45. The van der Waals surface area contributed by atoms with Gasteiger partial charge in [-0.1, -0.05) is 6.92 Å². The molecule has 1 unspecified atom stereocenters.